The van der Waals surface area contributed by atoms with Gasteiger partial charge in [-0.25, -0.2) is 0 Å². The number of hydrogen-bond acceptors (Lipinski definition) is 2. The topological polar surface area (TPSA) is 29.5 Å². The molecule has 0 aliphatic carbocycles. The summed E-state index contributed by atoms with van der Waals surface area (Å²) in [7, 11) is 0. The first-order valence-corrected chi connectivity index (χ1v) is 9.81. The summed E-state index contributed by atoms with van der Waals surface area (Å²) in [5, 5.41) is 0. The SMILES string of the molecule is Cc1ccccc1CN1CCc2c(O[C@H](C)c3ccccc3)cccc2C1=O. The van der Waals surface area contributed by atoms with Gasteiger partial charge in [-0.3, -0.25) is 4.79 Å². The van der Waals surface area contributed by atoms with Gasteiger partial charge >= 0.3 is 0 Å². The minimum Gasteiger partial charge on any atom is -0.486 e. The summed E-state index contributed by atoms with van der Waals surface area (Å²) in [4.78, 5) is 15.1. The third kappa shape index (κ3) is 3.65. The van der Waals surface area contributed by atoms with E-state index in [1.165, 1.54) is 11.1 Å². The van der Waals surface area contributed by atoms with E-state index in [1.54, 1.807) is 0 Å². The molecule has 142 valence electrons. The van der Waals surface area contributed by atoms with Gasteiger partial charge in [0.25, 0.3) is 5.91 Å². The van der Waals surface area contributed by atoms with Gasteiger partial charge < -0.3 is 9.64 Å². The Bertz CT molecular complexity index is 981. The van der Waals surface area contributed by atoms with Crippen molar-refractivity contribution in [2.24, 2.45) is 0 Å². The summed E-state index contributed by atoms with van der Waals surface area (Å²) in [6, 6.07) is 24.2. The summed E-state index contributed by atoms with van der Waals surface area (Å²) in [6.07, 6.45) is 0.748. The van der Waals surface area contributed by atoms with Crippen LogP contribution in [0.25, 0.3) is 0 Å². The van der Waals surface area contributed by atoms with Crippen molar-refractivity contribution in [3.8, 4) is 5.75 Å². The molecule has 3 aromatic rings. The van der Waals surface area contributed by atoms with Gasteiger partial charge in [0.2, 0.25) is 0 Å². The van der Waals surface area contributed by atoms with Crippen LogP contribution < -0.4 is 4.74 Å². The van der Waals surface area contributed by atoms with Crippen LogP contribution in [0.5, 0.6) is 5.75 Å². The maximum absolute atomic E-state index is 13.1. The molecule has 3 aromatic carbocycles. The van der Waals surface area contributed by atoms with E-state index >= 15 is 0 Å². The quantitative estimate of drug-likeness (QED) is 0.606. The van der Waals surface area contributed by atoms with Gasteiger partial charge in [0.05, 0.1) is 0 Å². The summed E-state index contributed by atoms with van der Waals surface area (Å²) in [6.45, 7) is 5.50. The van der Waals surface area contributed by atoms with Gasteiger partial charge in [0.1, 0.15) is 11.9 Å². The largest absolute Gasteiger partial charge is 0.486 e. The lowest BCUT2D eigenvalue weighted by Gasteiger charge is -2.30. The Morgan fingerprint density at radius 2 is 1.71 bits per heavy atom. The monoisotopic (exact) mass is 371 g/mol. The minimum atomic E-state index is -0.0622. The van der Waals surface area contributed by atoms with Gasteiger partial charge in [-0.05, 0) is 49.1 Å². The van der Waals surface area contributed by atoms with Crippen LogP contribution in [0.3, 0.4) is 0 Å². The number of nitrogens with zero attached hydrogens (tertiary/aromatic N) is 1. The van der Waals surface area contributed by atoms with E-state index in [0.717, 1.165) is 28.9 Å². The molecule has 0 radical (unpaired) electrons. The van der Waals surface area contributed by atoms with Crippen LogP contribution in [-0.4, -0.2) is 17.4 Å². The van der Waals surface area contributed by atoms with E-state index in [2.05, 4.69) is 31.2 Å². The molecular formula is C25H25NO2. The smallest absolute Gasteiger partial charge is 0.254 e. The Balaban J connectivity index is 1.55. The van der Waals surface area contributed by atoms with Crippen molar-refractivity contribution in [1.29, 1.82) is 0 Å². The van der Waals surface area contributed by atoms with E-state index in [-0.39, 0.29) is 12.0 Å². The van der Waals surface area contributed by atoms with E-state index in [9.17, 15) is 4.79 Å². The number of aryl methyl sites for hydroxylation is 1. The zero-order chi connectivity index (χ0) is 19.5. The molecule has 0 aromatic heterocycles. The van der Waals surface area contributed by atoms with Crippen LogP contribution in [0.4, 0.5) is 0 Å². The average Bonchev–Trinajstić information content (AvgIpc) is 2.72. The van der Waals surface area contributed by atoms with Gasteiger partial charge in [-0.1, -0.05) is 60.7 Å². The number of benzene rings is 3. The Morgan fingerprint density at radius 1 is 0.964 bits per heavy atom. The lowest BCUT2D eigenvalue weighted by Crippen LogP contribution is -2.37. The normalized spacial score (nSPS) is 14.5. The number of carbonyl (C=O) groups is 1. The van der Waals surface area contributed by atoms with Gasteiger partial charge in [-0.15, -0.1) is 0 Å². The highest BCUT2D eigenvalue weighted by Gasteiger charge is 2.27. The third-order valence-corrected chi connectivity index (χ3v) is 5.48. The number of hydrogen-bond donors (Lipinski definition) is 0. The molecule has 0 saturated heterocycles. The van der Waals surface area contributed by atoms with Crippen molar-refractivity contribution >= 4 is 5.91 Å². The summed E-state index contributed by atoms with van der Waals surface area (Å²) in [5.74, 6) is 0.903. The maximum atomic E-state index is 13.1. The average molecular weight is 371 g/mol. The molecule has 1 heterocycles. The summed E-state index contributed by atoms with van der Waals surface area (Å²) in [5.41, 5.74) is 5.33. The number of fused-ring (bicyclic) bond motifs is 1. The molecule has 0 saturated carbocycles. The van der Waals surface area contributed by atoms with Crippen LogP contribution in [-0.2, 0) is 13.0 Å². The first-order chi connectivity index (χ1) is 13.6. The highest BCUT2D eigenvalue weighted by atomic mass is 16.5. The molecule has 0 unspecified atom stereocenters. The molecule has 0 bridgehead atoms. The van der Waals surface area contributed by atoms with Crippen molar-refractivity contribution in [3.05, 3.63) is 101 Å². The summed E-state index contributed by atoms with van der Waals surface area (Å²) >= 11 is 0. The van der Waals surface area contributed by atoms with Crippen molar-refractivity contribution in [2.45, 2.75) is 32.9 Å². The third-order valence-electron chi connectivity index (χ3n) is 5.48. The molecule has 0 fully saturated rings. The number of rotatable bonds is 5. The second kappa shape index (κ2) is 7.89. The Kier molecular flexibility index (Phi) is 5.16. The Morgan fingerprint density at radius 3 is 2.50 bits per heavy atom. The van der Waals surface area contributed by atoms with Crippen LogP contribution in [0.2, 0.25) is 0 Å². The molecule has 4 rings (SSSR count). The van der Waals surface area contributed by atoms with Crippen LogP contribution in [0, 0.1) is 6.92 Å². The molecule has 3 nitrogen and oxygen atoms in total. The zero-order valence-corrected chi connectivity index (χ0v) is 16.4. The lowest BCUT2D eigenvalue weighted by molar-refractivity contribution is 0.0724. The van der Waals surface area contributed by atoms with Crippen molar-refractivity contribution in [1.82, 2.24) is 4.90 Å². The Labute approximate surface area is 166 Å². The van der Waals surface area contributed by atoms with E-state index < -0.39 is 0 Å². The molecule has 1 aliphatic rings. The molecule has 28 heavy (non-hydrogen) atoms. The van der Waals surface area contributed by atoms with Gasteiger partial charge in [0.15, 0.2) is 0 Å². The predicted octanol–water partition coefficient (Wildman–Crippen LogP) is 5.33. The van der Waals surface area contributed by atoms with Gasteiger partial charge in [-0.2, -0.15) is 0 Å². The number of carbonyl (C=O) groups excluding carboxylic acids is 1. The standard InChI is InChI=1S/C25H25NO2/c1-18-9-6-7-12-21(18)17-26-16-15-22-23(25(26)27)13-8-14-24(22)28-19(2)20-10-4-3-5-11-20/h3-14,19H,15-17H2,1-2H3/t19-/m1/s1. The predicted molar refractivity (Wildman–Crippen MR) is 112 cm³/mol. The second-order valence-corrected chi connectivity index (χ2v) is 7.36. The molecule has 1 aliphatic heterocycles. The van der Waals surface area contributed by atoms with Crippen LogP contribution in [0.1, 0.15) is 45.6 Å². The minimum absolute atomic E-state index is 0.0622. The highest BCUT2D eigenvalue weighted by molar-refractivity contribution is 5.97. The zero-order valence-electron chi connectivity index (χ0n) is 16.4. The second-order valence-electron chi connectivity index (χ2n) is 7.36. The molecule has 0 N–H and O–H groups in total. The molecule has 3 heteroatoms. The van der Waals surface area contributed by atoms with Crippen LogP contribution >= 0.6 is 0 Å². The maximum Gasteiger partial charge on any atom is 0.254 e. The van der Waals surface area contributed by atoms with Crippen molar-refractivity contribution in [2.75, 3.05) is 6.54 Å². The number of amides is 1. The van der Waals surface area contributed by atoms with Crippen molar-refractivity contribution < 1.29 is 9.53 Å². The lowest BCUT2D eigenvalue weighted by atomic mass is 9.97. The Hall–Kier alpha value is -3.07. The first kappa shape index (κ1) is 18.3. The van der Waals surface area contributed by atoms with E-state index in [4.69, 9.17) is 4.74 Å². The molecule has 1 atom stereocenters. The fourth-order valence-electron chi connectivity index (χ4n) is 3.78. The molecule has 1 amide bonds. The number of ether oxygens (including phenoxy) is 1. The fraction of sp³-hybridized carbons (Fsp3) is 0.240. The molecule has 0 spiro atoms. The summed E-state index contributed by atoms with van der Waals surface area (Å²) < 4.78 is 6.25. The van der Waals surface area contributed by atoms with Crippen molar-refractivity contribution in [3.63, 3.8) is 0 Å². The molecular weight excluding hydrogens is 346 g/mol. The van der Waals surface area contributed by atoms with Gasteiger partial charge in [0, 0.05) is 24.2 Å². The van der Waals surface area contributed by atoms with Crippen LogP contribution in [0.15, 0.2) is 72.8 Å². The van der Waals surface area contributed by atoms with E-state index in [1.807, 2.05) is 60.4 Å². The highest BCUT2D eigenvalue weighted by Crippen LogP contribution is 2.32. The first-order valence-electron chi connectivity index (χ1n) is 9.81. The fourth-order valence-corrected chi connectivity index (χ4v) is 3.78. The van der Waals surface area contributed by atoms with E-state index in [0.29, 0.717) is 13.1 Å².